The largest absolute Gasteiger partial charge is 0.349 e. The Bertz CT molecular complexity index is 1330. The van der Waals surface area contributed by atoms with E-state index in [1.165, 1.54) is 49.2 Å². The van der Waals surface area contributed by atoms with Gasteiger partial charge in [-0.25, -0.2) is 0 Å². The van der Waals surface area contributed by atoms with Crippen LogP contribution in [0.25, 0.3) is 11.8 Å². The Kier molecular flexibility index (Phi) is 9.49. The first-order valence-electron chi connectivity index (χ1n) is 14.8. The number of halogens is 1. The number of carbonyl (C=O) groups is 2. The molecule has 0 radical (unpaired) electrons. The second kappa shape index (κ2) is 13.4. The van der Waals surface area contributed by atoms with E-state index in [4.69, 9.17) is 11.6 Å². The third-order valence-corrected chi connectivity index (χ3v) is 8.79. The Morgan fingerprint density at radius 1 is 1.00 bits per heavy atom. The SMILES string of the molecule is CC1(NC(=O)[C@@H]2[C@@H](c3ccccc3)CCN2C(=O)/C=C/c2cc(Cl)ccc2-n2cnnn2)CCCCCCCCC1. The maximum atomic E-state index is 14.1. The summed E-state index contributed by atoms with van der Waals surface area (Å²) in [5.74, 6) is -0.336. The van der Waals surface area contributed by atoms with Crippen LogP contribution >= 0.6 is 11.6 Å². The molecule has 0 unspecified atom stereocenters. The second-order valence-corrected chi connectivity index (χ2v) is 12.0. The molecule has 216 valence electrons. The average Bonchev–Trinajstić information content (AvgIpc) is 3.67. The van der Waals surface area contributed by atoms with Gasteiger partial charge in [-0.15, -0.1) is 5.10 Å². The smallest absolute Gasteiger partial charge is 0.247 e. The summed E-state index contributed by atoms with van der Waals surface area (Å²) in [6.45, 7) is 2.69. The minimum atomic E-state index is -0.583. The molecule has 2 aromatic carbocycles. The summed E-state index contributed by atoms with van der Waals surface area (Å²) in [6, 6.07) is 14.8. The van der Waals surface area contributed by atoms with Gasteiger partial charge in [0, 0.05) is 34.7 Å². The van der Waals surface area contributed by atoms with Crippen LogP contribution in [-0.2, 0) is 9.59 Å². The Morgan fingerprint density at radius 2 is 1.71 bits per heavy atom. The molecule has 1 saturated heterocycles. The minimum Gasteiger partial charge on any atom is -0.349 e. The average molecular weight is 575 g/mol. The van der Waals surface area contributed by atoms with Gasteiger partial charge in [0.25, 0.3) is 0 Å². The summed E-state index contributed by atoms with van der Waals surface area (Å²) in [6.07, 6.45) is 15.8. The summed E-state index contributed by atoms with van der Waals surface area (Å²) in [5.41, 5.74) is 2.21. The molecule has 1 aliphatic carbocycles. The van der Waals surface area contributed by atoms with Crippen molar-refractivity contribution in [1.29, 1.82) is 0 Å². The molecule has 5 rings (SSSR count). The lowest BCUT2D eigenvalue weighted by Crippen LogP contribution is -2.54. The van der Waals surface area contributed by atoms with Gasteiger partial charge >= 0.3 is 0 Å². The number of hydrogen-bond acceptors (Lipinski definition) is 5. The van der Waals surface area contributed by atoms with E-state index in [0.717, 1.165) is 37.7 Å². The molecule has 3 aromatic rings. The Hall–Kier alpha value is -3.52. The molecule has 2 heterocycles. The van der Waals surface area contributed by atoms with Gasteiger partial charge in [-0.1, -0.05) is 86.9 Å². The normalized spacial score (nSPS) is 21.6. The van der Waals surface area contributed by atoms with Gasteiger partial charge in [0.2, 0.25) is 11.8 Å². The molecule has 2 aliphatic rings. The third-order valence-electron chi connectivity index (χ3n) is 8.55. The summed E-state index contributed by atoms with van der Waals surface area (Å²) in [4.78, 5) is 29.6. The quantitative estimate of drug-likeness (QED) is 0.358. The van der Waals surface area contributed by atoms with Gasteiger partial charge in [0.1, 0.15) is 12.4 Å². The van der Waals surface area contributed by atoms with Crippen LogP contribution in [-0.4, -0.2) is 55.0 Å². The second-order valence-electron chi connectivity index (χ2n) is 11.6. The lowest BCUT2D eigenvalue weighted by Gasteiger charge is -2.35. The number of hydrogen-bond donors (Lipinski definition) is 1. The van der Waals surface area contributed by atoms with Gasteiger partial charge < -0.3 is 10.2 Å². The number of carbonyl (C=O) groups excluding carboxylic acids is 2. The molecule has 9 heteroatoms. The first kappa shape index (κ1) is 29.0. The number of nitrogens with zero attached hydrogens (tertiary/aromatic N) is 5. The number of aromatic nitrogens is 4. The number of likely N-dealkylation sites (tertiary alicyclic amines) is 1. The van der Waals surface area contributed by atoms with Crippen molar-refractivity contribution < 1.29 is 9.59 Å². The molecule has 1 saturated carbocycles. The highest BCUT2D eigenvalue weighted by atomic mass is 35.5. The van der Waals surface area contributed by atoms with Gasteiger partial charge in [-0.3, -0.25) is 9.59 Å². The monoisotopic (exact) mass is 574 g/mol. The number of tetrazole rings is 1. The van der Waals surface area contributed by atoms with Crippen molar-refractivity contribution in [3.63, 3.8) is 0 Å². The molecular weight excluding hydrogens is 536 g/mol. The van der Waals surface area contributed by atoms with Gasteiger partial charge in [-0.05, 0) is 66.5 Å². The highest BCUT2D eigenvalue weighted by Crippen LogP contribution is 2.35. The molecular formula is C32H39ClN6O2. The van der Waals surface area contributed by atoms with Crippen molar-refractivity contribution >= 4 is 29.5 Å². The fraction of sp³-hybridized carbons (Fsp3) is 0.469. The molecule has 0 spiro atoms. The minimum absolute atomic E-state index is 0.0604. The molecule has 0 bridgehead atoms. The maximum absolute atomic E-state index is 14.1. The van der Waals surface area contributed by atoms with Gasteiger partial charge in [0.05, 0.1) is 5.69 Å². The van der Waals surface area contributed by atoms with Gasteiger partial charge in [-0.2, -0.15) is 4.68 Å². The van der Waals surface area contributed by atoms with E-state index in [-0.39, 0.29) is 23.3 Å². The van der Waals surface area contributed by atoms with E-state index in [1.807, 2.05) is 18.2 Å². The van der Waals surface area contributed by atoms with E-state index < -0.39 is 6.04 Å². The lowest BCUT2D eigenvalue weighted by atomic mass is 9.85. The number of amides is 2. The van der Waals surface area contributed by atoms with Crippen LogP contribution in [0.2, 0.25) is 5.02 Å². The first-order chi connectivity index (χ1) is 19.9. The van der Waals surface area contributed by atoms with E-state index in [0.29, 0.717) is 22.8 Å². The van der Waals surface area contributed by atoms with Crippen molar-refractivity contribution in [2.75, 3.05) is 6.54 Å². The van der Waals surface area contributed by atoms with Crippen LogP contribution < -0.4 is 5.32 Å². The molecule has 1 N–H and O–H groups in total. The highest BCUT2D eigenvalue weighted by molar-refractivity contribution is 6.30. The molecule has 1 aromatic heterocycles. The number of nitrogens with one attached hydrogen (secondary N) is 1. The fourth-order valence-corrected chi connectivity index (χ4v) is 6.53. The predicted octanol–water partition coefficient (Wildman–Crippen LogP) is 6.11. The fourth-order valence-electron chi connectivity index (χ4n) is 6.34. The molecule has 2 atom stereocenters. The van der Waals surface area contributed by atoms with E-state index in [2.05, 4.69) is 39.9 Å². The van der Waals surface area contributed by atoms with Crippen molar-refractivity contribution in [2.24, 2.45) is 0 Å². The van der Waals surface area contributed by atoms with E-state index in [9.17, 15) is 9.59 Å². The van der Waals surface area contributed by atoms with Crippen molar-refractivity contribution in [3.05, 3.63) is 77.1 Å². The van der Waals surface area contributed by atoms with Crippen LogP contribution in [0.15, 0.2) is 60.9 Å². The van der Waals surface area contributed by atoms with Crippen LogP contribution in [0.1, 0.15) is 88.2 Å². The van der Waals surface area contributed by atoms with Crippen LogP contribution in [0.5, 0.6) is 0 Å². The third kappa shape index (κ3) is 7.22. The van der Waals surface area contributed by atoms with Crippen molar-refractivity contribution in [3.8, 4) is 5.69 Å². The zero-order valence-corrected chi connectivity index (χ0v) is 24.5. The van der Waals surface area contributed by atoms with E-state index in [1.54, 1.807) is 29.2 Å². The van der Waals surface area contributed by atoms with Crippen LogP contribution in [0.4, 0.5) is 0 Å². The van der Waals surface area contributed by atoms with Gasteiger partial charge in [0.15, 0.2) is 0 Å². The van der Waals surface area contributed by atoms with Crippen molar-refractivity contribution in [2.45, 2.75) is 88.6 Å². The standard InChI is InChI=1S/C32H39ClN6O2/c1-32(19-10-5-3-2-4-6-11-20-32)35-31(41)30-27(24-12-8-7-9-13-24)18-21-38(30)29(40)17-14-25-22-26(33)15-16-28(25)39-23-34-36-37-39/h7-9,12-17,22-23,27,30H,2-6,10-11,18-21H2,1H3,(H,35,41)/b17-14+/t27-,30+/m1/s1. The number of rotatable bonds is 6. The molecule has 41 heavy (non-hydrogen) atoms. The zero-order chi connectivity index (χ0) is 28.7. The molecule has 8 nitrogen and oxygen atoms in total. The lowest BCUT2D eigenvalue weighted by molar-refractivity contribution is -0.136. The maximum Gasteiger partial charge on any atom is 0.247 e. The Balaban J connectivity index is 1.39. The summed E-state index contributed by atoms with van der Waals surface area (Å²) in [5, 5.41) is 15.4. The van der Waals surface area contributed by atoms with Crippen molar-refractivity contribution in [1.82, 2.24) is 30.4 Å². The summed E-state index contributed by atoms with van der Waals surface area (Å²) >= 11 is 6.28. The Morgan fingerprint density at radius 3 is 2.39 bits per heavy atom. The van der Waals surface area contributed by atoms with E-state index >= 15 is 0 Å². The van der Waals surface area contributed by atoms with Crippen LogP contribution in [0, 0.1) is 0 Å². The van der Waals surface area contributed by atoms with Crippen LogP contribution in [0.3, 0.4) is 0 Å². The molecule has 2 amide bonds. The molecule has 1 aliphatic heterocycles. The first-order valence-corrected chi connectivity index (χ1v) is 15.2. The summed E-state index contributed by atoms with van der Waals surface area (Å²) in [7, 11) is 0. The summed E-state index contributed by atoms with van der Waals surface area (Å²) < 4.78 is 1.53. The topological polar surface area (TPSA) is 93.0 Å². The predicted molar refractivity (Wildman–Crippen MR) is 161 cm³/mol. The Labute approximate surface area is 247 Å². The zero-order valence-electron chi connectivity index (χ0n) is 23.7. The number of benzene rings is 2. The highest BCUT2D eigenvalue weighted by Gasteiger charge is 2.43. The molecule has 2 fully saturated rings.